The van der Waals surface area contributed by atoms with Crippen LogP contribution in [0.2, 0.25) is 0 Å². The molecule has 0 aromatic carbocycles. The molecule has 0 heterocycles. The molecule has 0 aliphatic rings. The van der Waals surface area contributed by atoms with Crippen molar-refractivity contribution in [2.24, 2.45) is 0 Å². The number of rotatable bonds is 0. The van der Waals surface area contributed by atoms with Gasteiger partial charge in [-0.1, -0.05) is 14.9 Å². The van der Waals surface area contributed by atoms with Gasteiger partial charge in [0.15, 0.2) is 0 Å². The van der Waals surface area contributed by atoms with Crippen molar-refractivity contribution in [1.82, 2.24) is 0 Å². The topological polar surface area (TPSA) is 158 Å². The van der Waals surface area contributed by atoms with Crippen molar-refractivity contribution < 1.29 is 69.2 Å². The third kappa shape index (κ3) is 133. The molecule has 4 N–H and O–H groups in total. The van der Waals surface area contributed by atoms with Crippen molar-refractivity contribution in [2.45, 2.75) is 14.9 Å². The Kier molecular flexibility index (Phi) is 116. The molecule has 12 heteroatoms. The molecule has 100 valence electrons. The van der Waals surface area contributed by atoms with Gasteiger partial charge in [-0.25, -0.2) is 0 Å². The van der Waals surface area contributed by atoms with Crippen LogP contribution in [0.25, 0.3) is 0 Å². The Bertz CT molecular complexity index is 190. The van der Waals surface area contributed by atoms with Crippen LogP contribution in [0.5, 0.6) is 0 Å². The van der Waals surface area contributed by atoms with Gasteiger partial charge >= 0.3 is 35.9 Å². The average Bonchev–Trinajstić information content (AvgIpc) is 2.25. The van der Waals surface area contributed by atoms with Crippen LogP contribution in [0.1, 0.15) is 14.9 Å². The Morgan fingerprint density at radius 2 is 0.889 bits per heavy atom. The van der Waals surface area contributed by atoms with E-state index in [1.165, 1.54) is 24.4 Å². The Morgan fingerprint density at radius 1 is 0.778 bits per heavy atom. The van der Waals surface area contributed by atoms with Crippen LogP contribution >= 0.6 is 0 Å². The molecule has 0 rings (SSSR count). The average molecular weight is 262 g/mol. The molecule has 10 nitrogen and oxygen atoms in total. The standard InChI is InChI=1S/2C2H2O4.2CH4.BO2.Li/c2*3-5-1-2-6-4;;;2-1-3;/h2*3-4H;2*1H4;;/q;;;;-1;+1. The van der Waals surface area contributed by atoms with Gasteiger partial charge in [-0.2, -0.15) is 21.0 Å². The fourth-order valence-corrected chi connectivity index (χ4v) is 0.0745. The molecular weight excluding hydrogens is 250 g/mol. The summed E-state index contributed by atoms with van der Waals surface area (Å²) in [6.45, 7) is 0. The van der Waals surface area contributed by atoms with Gasteiger partial charge in [0.25, 0.3) is 0 Å². The molecule has 0 unspecified atom stereocenters. The predicted octanol–water partition coefficient (Wildman–Crippen LogP) is -3.64. The van der Waals surface area contributed by atoms with Gasteiger partial charge in [0.1, 0.15) is 0 Å². The molecule has 18 heavy (non-hydrogen) atoms. The monoisotopic (exact) mass is 262 g/mol. The zero-order valence-corrected chi connectivity index (χ0v) is 7.82. The fourth-order valence-electron chi connectivity index (χ4n) is 0.0745. The van der Waals surface area contributed by atoms with E-state index in [0.717, 1.165) is 0 Å². The first-order chi connectivity index (χ1) is 7.24. The van der Waals surface area contributed by atoms with Gasteiger partial charge in [0.2, 0.25) is 24.4 Å². The number of hydrogen-bond donors (Lipinski definition) is 4. The van der Waals surface area contributed by atoms with E-state index in [1.807, 2.05) is 0 Å². The van der Waals surface area contributed by atoms with E-state index < -0.39 is 7.35 Å². The van der Waals surface area contributed by atoms with Crippen LogP contribution in [0.15, 0.2) is 0 Å². The van der Waals surface area contributed by atoms with Crippen LogP contribution in [-0.4, -0.2) is 28.4 Å². The summed E-state index contributed by atoms with van der Waals surface area (Å²) in [5.41, 5.74) is 0. The second-order valence-electron chi connectivity index (χ2n) is 0.870. The molecule has 0 saturated carbocycles. The van der Waals surface area contributed by atoms with Gasteiger partial charge in [-0.05, 0) is 0 Å². The van der Waals surface area contributed by atoms with E-state index in [1.54, 1.807) is 0 Å². The van der Waals surface area contributed by atoms with E-state index in [4.69, 9.17) is 30.8 Å². The summed E-state index contributed by atoms with van der Waals surface area (Å²) in [6.07, 6.45) is 6.12. The van der Waals surface area contributed by atoms with E-state index in [2.05, 4.69) is 19.6 Å². The van der Waals surface area contributed by atoms with Gasteiger partial charge in [0.05, 0.1) is 0 Å². The SMILES string of the molecule is C.C.O=B[O-].OOC#COO.OOC#COO.[Li+]. The van der Waals surface area contributed by atoms with Crippen molar-refractivity contribution >= 4 is 7.35 Å². The second kappa shape index (κ2) is 58.2. The van der Waals surface area contributed by atoms with E-state index in [-0.39, 0.29) is 33.7 Å². The molecule has 0 aromatic heterocycles. The molecule has 0 atom stereocenters. The van der Waals surface area contributed by atoms with E-state index >= 15 is 0 Å². The van der Waals surface area contributed by atoms with Crippen LogP contribution in [0.4, 0.5) is 0 Å². The second-order valence-corrected chi connectivity index (χ2v) is 0.870. The summed E-state index contributed by atoms with van der Waals surface area (Å²) in [7, 11) is -0.500. The molecule has 0 amide bonds. The maximum Gasteiger partial charge on any atom is 1.00 e. The number of hydrogen-bond acceptors (Lipinski definition) is 10. The molecule has 0 saturated heterocycles. The van der Waals surface area contributed by atoms with Crippen molar-refractivity contribution in [2.75, 3.05) is 0 Å². The van der Waals surface area contributed by atoms with E-state index in [0.29, 0.717) is 0 Å². The quantitative estimate of drug-likeness (QED) is 0.148. The predicted molar refractivity (Wildman–Crippen MR) is 50.3 cm³/mol. The Morgan fingerprint density at radius 3 is 0.944 bits per heavy atom. The summed E-state index contributed by atoms with van der Waals surface area (Å²) >= 11 is 0. The summed E-state index contributed by atoms with van der Waals surface area (Å²) in [4.78, 5) is 12.5. The van der Waals surface area contributed by atoms with Crippen LogP contribution < -0.4 is 23.9 Å². The third-order valence-corrected chi connectivity index (χ3v) is 0.266. The summed E-state index contributed by atoms with van der Waals surface area (Å²) in [5.74, 6) is 0. The fraction of sp³-hybridized carbons (Fsp3) is 0.333. The van der Waals surface area contributed by atoms with Crippen molar-refractivity contribution in [1.29, 1.82) is 0 Å². The molecular formula is C6H12BLiO10. The van der Waals surface area contributed by atoms with Gasteiger partial charge < -0.3 is 0 Å². The normalized spacial score (nSPS) is 3.78. The van der Waals surface area contributed by atoms with Crippen molar-refractivity contribution in [3.8, 4) is 24.4 Å². The maximum atomic E-state index is 8.25. The summed E-state index contributed by atoms with van der Waals surface area (Å²) in [6, 6.07) is 0. The first kappa shape index (κ1) is 36.0. The Balaban J connectivity index is -0.0000000290. The van der Waals surface area contributed by atoms with Crippen LogP contribution in [0, 0.1) is 24.4 Å². The largest absolute Gasteiger partial charge is 1.00 e. The van der Waals surface area contributed by atoms with Crippen molar-refractivity contribution in [3.63, 3.8) is 0 Å². The zero-order chi connectivity index (χ0) is 12.4. The summed E-state index contributed by atoms with van der Waals surface area (Å²) < 4.78 is 8.25. The Labute approximate surface area is 116 Å². The minimum absolute atomic E-state index is 0. The first-order valence-corrected chi connectivity index (χ1v) is 2.52. The van der Waals surface area contributed by atoms with Gasteiger partial charge in [0, 0.05) is 0 Å². The molecule has 0 aromatic rings. The first-order valence-electron chi connectivity index (χ1n) is 2.52. The molecule has 0 aliphatic carbocycles. The van der Waals surface area contributed by atoms with E-state index in [9.17, 15) is 0 Å². The zero-order valence-electron chi connectivity index (χ0n) is 7.82. The smallest absolute Gasteiger partial charge is 0.282 e. The van der Waals surface area contributed by atoms with Crippen molar-refractivity contribution in [3.05, 3.63) is 0 Å². The molecule has 0 radical (unpaired) electrons. The maximum absolute atomic E-state index is 8.25. The summed E-state index contributed by atoms with van der Waals surface area (Å²) in [5, 5.41) is 37.6. The molecule has 0 bridgehead atoms. The minimum atomic E-state index is -0.500. The third-order valence-electron chi connectivity index (χ3n) is 0.266. The molecule has 0 spiro atoms. The van der Waals surface area contributed by atoms with Crippen LogP contribution in [-0.2, 0) is 24.3 Å². The Hall–Kier alpha value is -1.58. The molecule has 0 fully saturated rings. The van der Waals surface area contributed by atoms with Gasteiger partial charge in [-0.15, -0.1) is 0 Å². The minimum Gasteiger partial charge on any atom is -0.282 e. The van der Waals surface area contributed by atoms with Gasteiger partial charge in [-0.3, -0.25) is 19.6 Å². The van der Waals surface area contributed by atoms with Crippen LogP contribution in [0.3, 0.4) is 0 Å². The molecule has 0 aliphatic heterocycles.